The summed E-state index contributed by atoms with van der Waals surface area (Å²) in [6, 6.07) is 20.0. The molecule has 0 atom stereocenters. The van der Waals surface area contributed by atoms with Crippen LogP contribution in [0.5, 0.6) is 5.75 Å². The summed E-state index contributed by atoms with van der Waals surface area (Å²) in [6.45, 7) is 1.20. The van der Waals surface area contributed by atoms with E-state index in [2.05, 4.69) is 38.7 Å². The van der Waals surface area contributed by atoms with Crippen molar-refractivity contribution in [1.29, 1.82) is 0 Å². The lowest BCUT2D eigenvalue weighted by Gasteiger charge is -2.09. The van der Waals surface area contributed by atoms with Gasteiger partial charge in [0.2, 0.25) is 5.13 Å². The summed E-state index contributed by atoms with van der Waals surface area (Å²) in [5.74, 6) is 0.895. The van der Waals surface area contributed by atoms with Crippen LogP contribution in [0.2, 0.25) is 0 Å². The molecule has 0 spiro atoms. The molecule has 1 N–H and O–H groups in total. The Morgan fingerprint density at radius 2 is 1.80 bits per heavy atom. The molecule has 2 aromatic carbocycles. The molecule has 2 heterocycles. The average Bonchev–Trinajstić information content (AvgIpc) is 3.15. The molecule has 124 valence electrons. The highest BCUT2D eigenvalue weighted by molar-refractivity contribution is 7.18. The third-order valence-electron chi connectivity index (χ3n) is 3.69. The van der Waals surface area contributed by atoms with E-state index in [4.69, 9.17) is 4.74 Å². The normalized spacial score (nSPS) is 10.7. The van der Waals surface area contributed by atoms with Crippen LogP contribution in [0.1, 0.15) is 0 Å². The van der Waals surface area contributed by atoms with Crippen molar-refractivity contribution in [3.05, 3.63) is 66.9 Å². The van der Waals surface area contributed by atoms with Crippen LogP contribution >= 0.6 is 11.3 Å². The fraction of sp³-hybridized carbons (Fsp3) is 0.105. The number of nitrogens with zero attached hydrogens (tertiary/aromatic N) is 3. The molecular weight excluding hydrogens is 332 g/mol. The lowest BCUT2D eigenvalue weighted by molar-refractivity contribution is 0.337. The Balaban J connectivity index is 1.35. The first-order chi connectivity index (χ1) is 12.4. The van der Waals surface area contributed by atoms with Crippen LogP contribution in [0.4, 0.5) is 5.13 Å². The summed E-state index contributed by atoms with van der Waals surface area (Å²) in [4.78, 5) is 4.28. The molecule has 25 heavy (non-hydrogen) atoms. The van der Waals surface area contributed by atoms with E-state index in [1.54, 1.807) is 6.20 Å². The van der Waals surface area contributed by atoms with E-state index in [1.807, 2.05) is 42.5 Å². The topological polar surface area (TPSA) is 59.9 Å². The van der Waals surface area contributed by atoms with Crippen LogP contribution < -0.4 is 10.1 Å². The van der Waals surface area contributed by atoms with E-state index < -0.39 is 0 Å². The van der Waals surface area contributed by atoms with Gasteiger partial charge in [0.25, 0.3) is 0 Å². The van der Waals surface area contributed by atoms with Gasteiger partial charge in [-0.05, 0) is 23.6 Å². The summed E-state index contributed by atoms with van der Waals surface area (Å²) < 4.78 is 5.91. The monoisotopic (exact) mass is 348 g/mol. The van der Waals surface area contributed by atoms with E-state index in [-0.39, 0.29) is 0 Å². The maximum atomic E-state index is 5.91. The van der Waals surface area contributed by atoms with Crippen molar-refractivity contribution in [1.82, 2.24) is 15.2 Å². The third-order valence-corrected chi connectivity index (χ3v) is 4.60. The molecule has 0 bridgehead atoms. The van der Waals surface area contributed by atoms with E-state index >= 15 is 0 Å². The molecule has 0 amide bonds. The van der Waals surface area contributed by atoms with Gasteiger partial charge in [0, 0.05) is 11.6 Å². The largest absolute Gasteiger partial charge is 0.491 e. The van der Waals surface area contributed by atoms with Gasteiger partial charge >= 0.3 is 0 Å². The number of hydrogen-bond donors (Lipinski definition) is 1. The zero-order valence-electron chi connectivity index (χ0n) is 13.4. The maximum Gasteiger partial charge on any atom is 0.206 e. The van der Waals surface area contributed by atoms with Crippen LogP contribution in [0.15, 0.2) is 66.9 Å². The number of fused-ring (bicyclic) bond motifs is 1. The molecule has 0 aliphatic heterocycles. The second-order valence-electron chi connectivity index (χ2n) is 5.38. The van der Waals surface area contributed by atoms with Gasteiger partial charge in [0.05, 0.1) is 6.54 Å². The predicted molar refractivity (Wildman–Crippen MR) is 101 cm³/mol. The highest BCUT2D eigenvalue weighted by Crippen LogP contribution is 2.26. The second-order valence-corrected chi connectivity index (χ2v) is 6.36. The van der Waals surface area contributed by atoms with Crippen LogP contribution in [-0.4, -0.2) is 28.3 Å². The quantitative estimate of drug-likeness (QED) is 0.528. The van der Waals surface area contributed by atoms with E-state index in [0.29, 0.717) is 13.2 Å². The zero-order chi connectivity index (χ0) is 16.9. The summed E-state index contributed by atoms with van der Waals surface area (Å²) in [5.41, 5.74) is 0.833. The number of benzene rings is 2. The minimum absolute atomic E-state index is 0.548. The third kappa shape index (κ3) is 3.59. The van der Waals surface area contributed by atoms with Crippen molar-refractivity contribution in [2.75, 3.05) is 18.5 Å². The van der Waals surface area contributed by atoms with Crippen molar-refractivity contribution < 1.29 is 4.74 Å². The van der Waals surface area contributed by atoms with Gasteiger partial charge in [-0.2, -0.15) is 0 Å². The smallest absolute Gasteiger partial charge is 0.206 e. The Bertz CT molecular complexity index is 966. The molecule has 0 fully saturated rings. The predicted octanol–water partition coefficient (Wildman–Crippen LogP) is 4.24. The molecule has 4 aromatic rings. The highest BCUT2D eigenvalue weighted by atomic mass is 32.1. The molecule has 4 rings (SSSR count). The molecule has 2 aromatic heterocycles. The Labute approximate surface area is 149 Å². The van der Waals surface area contributed by atoms with E-state index in [9.17, 15) is 0 Å². The lowest BCUT2D eigenvalue weighted by atomic mass is 10.1. The number of nitrogens with one attached hydrogen (secondary N) is 1. The van der Waals surface area contributed by atoms with Crippen molar-refractivity contribution in [2.45, 2.75) is 0 Å². The summed E-state index contributed by atoms with van der Waals surface area (Å²) in [7, 11) is 0. The lowest BCUT2D eigenvalue weighted by Crippen LogP contribution is -2.11. The minimum atomic E-state index is 0.548. The fourth-order valence-corrected chi connectivity index (χ4v) is 3.27. The van der Waals surface area contributed by atoms with E-state index in [1.165, 1.54) is 16.7 Å². The van der Waals surface area contributed by atoms with Gasteiger partial charge < -0.3 is 10.1 Å². The Morgan fingerprint density at radius 3 is 2.72 bits per heavy atom. The molecule has 6 heteroatoms. The number of aromatic nitrogens is 3. The Kier molecular flexibility index (Phi) is 4.52. The maximum absolute atomic E-state index is 5.91. The summed E-state index contributed by atoms with van der Waals surface area (Å²) in [5, 5.41) is 15.4. The molecule has 0 aliphatic carbocycles. The van der Waals surface area contributed by atoms with Gasteiger partial charge in [0.1, 0.15) is 18.1 Å². The van der Waals surface area contributed by atoms with Crippen molar-refractivity contribution >= 4 is 27.2 Å². The first-order valence-electron chi connectivity index (χ1n) is 7.99. The number of ether oxygens (including phenoxy) is 1. The zero-order valence-corrected chi connectivity index (χ0v) is 14.2. The van der Waals surface area contributed by atoms with Crippen LogP contribution in [-0.2, 0) is 0 Å². The number of anilines is 1. The fourth-order valence-electron chi connectivity index (χ4n) is 2.53. The first-order valence-corrected chi connectivity index (χ1v) is 8.81. The number of hydrogen-bond acceptors (Lipinski definition) is 6. The summed E-state index contributed by atoms with van der Waals surface area (Å²) in [6.07, 6.45) is 1.75. The van der Waals surface area contributed by atoms with Crippen molar-refractivity contribution in [2.24, 2.45) is 0 Å². The standard InChI is InChI=1S/C19H16N4OS/c1-2-8-15-14(6-1)7-5-10-17(15)24-13-12-21-19-23-22-18(25-19)16-9-3-4-11-20-16/h1-11H,12-13H2,(H,21,23). The SMILES string of the molecule is c1ccc(-c2nnc(NCCOc3cccc4ccccc34)s2)nc1. The molecule has 5 nitrogen and oxygen atoms in total. The van der Waals surface area contributed by atoms with Gasteiger partial charge in [-0.1, -0.05) is 53.8 Å². The van der Waals surface area contributed by atoms with Crippen LogP contribution in [0.3, 0.4) is 0 Å². The van der Waals surface area contributed by atoms with Gasteiger partial charge in [-0.15, -0.1) is 10.2 Å². The molecule has 0 unspecified atom stereocenters. The van der Waals surface area contributed by atoms with Crippen molar-refractivity contribution in [3.8, 4) is 16.5 Å². The molecule has 0 saturated carbocycles. The molecule has 0 radical (unpaired) electrons. The van der Waals surface area contributed by atoms with Gasteiger partial charge in [-0.3, -0.25) is 4.98 Å². The molecule has 0 saturated heterocycles. The minimum Gasteiger partial charge on any atom is -0.491 e. The molecular formula is C19H16N4OS. The van der Waals surface area contributed by atoms with Gasteiger partial charge in [-0.25, -0.2) is 0 Å². The Morgan fingerprint density at radius 1 is 0.920 bits per heavy atom. The van der Waals surface area contributed by atoms with E-state index in [0.717, 1.165) is 27.0 Å². The van der Waals surface area contributed by atoms with Gasteiger partial charge in [0.15, 0.2) is 5.01 Å². The Hall–Kier alpha value is -2.99. The van der Waals surface area contributed by atoms with Crippen LogP contribution in [0.25, 0.3) is 21.5 Å². The van der Waals surface area contributed by atoms with Crippen molar-refractivity contribution in [3.63, 3.8) is 0 Å². The number of pyridine rings is 1. The summed E-state index contributed by atoms with van der Waals surface area (Å²) >= 11 is 1.48. The molecule has 0 aliphatic rings. The highest BCUT2D eigenvalue weighted by Gasteiger charge is 2.07. The number of rotatable bonds is 6. The van der Waals surface area contributed by atoms with Crippen LogP contribution in [0, 0.1) is 0 Å². The second kappa shape index (κ2) is 7.27. The first kappa shape index (κ1) is 15.5. The average molecular weight is 348 g/mol.